The van der Waals surface area contributed by atoms with Crippen LogP contribution >= 0.6 is 11.3 Å². The molecule has 3 atom stereocenters. The molecule has 8 nitrogen and oxygen atoms in total. The molecule has 0 amide bonds. The second-order valence-electron chi connectivity index (χ2n) is 8.02. The van der Waals surface area contributed by atoms with Crippen molar-refractivity contribution in [2.24, 2.45) is 11.8 Å². The van der Waals surface area contributed by atoms with Gasteiger partial charge in [0.15, 0.2) is 5.82 Å². The number of piperidine rings is 1. The number of aromatic hydroxyl groups is 1. The van der Waals surface area contributed by atoms with Gasteiger partial charge in [0.1, 0.15) is 0 Å². The molecule has 3 heterocycles. The van der Waals surface area contributed by atoms with Crippen molar-refractivity contribution in [1.29, 1.82) is 0 Å². The summed E-state index contributed by atoms with van der Waals surface area (Å²) in [4.78, 5) is 19.0. The molecular formula is C20H25N5O3S. The molecule has 9 heteroatoms. The summed E-state index contributed by atoms with van der Waals surface area (Å²) >= 11 is 1.43. The fourth-order valence-electron chi connectivity index (χ4n) is 4.35. The molecule has 1 aliphatic heterocycles. The largest absolute Gasteiger partial charge is 0.492 e. The third-order valence-corrected chi connectivity index (χ3v) is 6.56. The van der Waals surface area contributed by atoms with Gasteiger partial charge in [-0.3, -0.25) is 15.0 Å². The van der Waals surface area contributed by atoms with Gasteiger partial charge < -0.3 is 5.11 Å². The quantitative estimate of drug-likeness (QED) is 0.499. The number of hydrogen-bond acceptors (Lipinski definition) is 7. The fourth-order valence-corrected chi connectivity index (χ4v) is 5.48. The molecule has 29 heavy (non-hydrogen) atoms. The summed E-state index contributed by atoms with van der Waals surface area (Å²) in [6.45, 7) is 8.27. The van der Waals surface area contributed by atoms with E-state index in [0.29, 0.717) is 29.0 Å². The van der Waals surface area contributed by atoms with Gasteiger partial charge in [0.25, 0.3) is 5.69 Å². The molecule has 0 radical (unpaired) electrons. The van der Waals surface area contributed by atoms with E-state index in [1.54, 1.807) is 12.1 Å². The number of non-ortho nitro benzene ring substituents is 1. The zero-order valence-corrected chi connectivity index (χ0v) is 17.6. The number of aryl methyl sites for hydroxylation is 1. The smallest absolute Gasteiger partial charge is 0.269 e. The molecule has 154 valence electrons. The van der Waals surface area contributed by atoms with Crippen LogP contribution in [0, 0.1) is 22.0 Å². The molecule has 0 spiro atoms. The molecule has 2 aromatic heterocycles. The maximum absolute atomic E-state index is 11.1. The summed E-state index contributed by atoms with van der Waals surface area (Å²) in [6, 6.07) is 6.45. The van der Waals surface area contributed by atoms with Gasteiger partial charge in [-0.1, -0.05) is 44.2 Å². The van der Waals surface area contributed by atoms with Crippen molar-refractivity contribution in [2.75, 3.05) is 13.1 Å². The average Bonchev–Trinajstić information content (AvgIpc) is 3.21. The molecule has 4 rings (SSSR count). The first-order valence-electron chi connectivity index (χ1n) is 9.93. The molecule has 1 aliphatic rings. The highest BCUT2D eigenvalue weighted by atomic mass is 32.1. The highest BCUT2D eigenvalue weighted by molar-refractivity contribution is 7.17. The molecule has 3 aromatic rings. The lowest BCUT2D eigenvalue weighted by Gasteiger charge is -2.40. The second-order valence-corrected chi connectivity index (χ2v) is 9.03. The van der Waals surface area contributed by atoms with E-state index in [1.165, 1.54) is 34.4 Å². The first kappa shape index (κ1) is 19.8. The van der Waals surface area contributed by atoms with Crippen molar-refractivity contribution in [3.8, 4) is 5.88 Å². The molecule has 0 bridgehead atoms. The Morgan fingerprint density at radius 3 is 2.48 bits per heavy atom. The Balaban J connectivity index is 1.80. The van der Waals surface area contributed by atoms with E-state index in [-0.39, 0.29) is 17.6 Å². The minimum absolute atomic E-state index is 0.0624. The Labute approximate surface area is 173 Å². The van der Waals surface area contributed by atoms with Gasteiger partial charge in [0, 0.05) is 31.6 Å². The standard InChI is InChI=1S/C20H25N5O3S/c1-4-16-21-20-24(22-16)19(26)18(29-20)17(23-10-12(2)9-13(3)11-23)14-5-7-15(8-6-14)25(27)28/h5-8,12-13,17,26H,4,9-11H2,1-3H3/t12-,13+,17-/m1/s1. The molecule has 1 saturated heterocycles. The van der Waals surface area contributed by atoms with Crippen LogP contribution in [0.2, 0.25) is 0 Å². The summed E-state index contributed by atoms with van der Waals surface area (Å²) in [5.41, 5.74) is 0.986. The van der Waals surface area contributed by atoms with Crippen LogP contribution in [0.15, 0.2) is 24.3 Å². The highest BCUT2D eigenvalue weighted by Crippen LogP contribution is 2.42. The van der Waals surface area contributed by atoms with Crippen LogP contribution in [0.3, 0.4) is 0 Å². The summed E-state index contributed by atoms with van der Waals surface area (Å²) in [5.74, 6) is 1.88. The van der Waals surface area contributed by atoms with Crippen LogP contribution in [0.4, 0.5) is 5.69 Å². The predicted octanol–water partition coefficient (Wildman–Crippen LogP) is 4.03. The summed E-state index contributed by atoms with van der Waals surface area (Å²) in [7, 11) is 0. The fraction of sp³-hybridized carbons (Fsp3) is 0.500. The number of aromatic nitrogens is 3. The lowest BCUT2D eigenvalue weighted by atomic mass is 9.89. The van der Waals surface area contributed by atoms with Gasteiger partial charge in [-0.15, -0.1) is 5.10 Å². The van der Waals surface area contributed by atoms with Gasteiger partial charge in [-0.2, -0.15) is 4.52 Å². The summed E-state index contributed by atoms with van der Waals surface area (Å²) in [6.07, 6.45) is 1.88. The van der Waals surface area contributed by atoms with E-state index in [4.69, 9.17) is 0 Å². The normalized spacial score (nSPS) is 21.5. The van der Waals surface area contributed by atoms with E-state index in [2.05, 4.69) is 28.8 Å². The van der Waals surface area contributed by atoms with Gasteiger partial charge in [0.05, 0.1) is 15.8 Å². The minimum Gasteiger partial charge on any atom is -0.492 e. The Morgan fingerprint density at radius 2 is 1.93 bits per heavy atom. The number of nitrogens with zero attached hydrogens (tertiary/aromatic N) is 5. The van der Waals surface area contributed by atoms with Crippen molar-refractivity contribution < 1.29 is 10.0 Å². The van der Waals surface area contributed by atoms with E-state index in [9.17, 15) is 15.2 Å². The maximum atomic E-state index is 11.1. The summed E-state index contributed by atoms with van der Waals surface area (Å²) in [5, 5.41) is 26.4. The Hall–Kier alpha value is -2.52. The third kappa shape index (κ3) is 3.72. The van der Waals surface area contributed by atoms with Crippen LogP contribution in [-0.4, -0.2) is 42.6 Å². The van der Waals surface area contributed by atoms with Crippen molar-refractivity contribution in [2.45, 2.75) is 39.7 Å². The van der Waals surface area contributed by atoms with Crippen LogP contribution in [0.1, 0.15) is 49.5 Å². The minimum atomic E-state index is -0.392. The highest BCUT2D eigenvalue weighted by Gasteiger charge is 2.33. The van der Waals surface area contributed by atoms with Crippen molar-refractivity contribution in [3.63, 3.8) is 0 Å². The van der Waals surface area contributed by atoms with Crippen molar-refractivity contribution in [3.05, 3.63) is 50.6 Å². The number of fused-ring (bicyclic) bond motifs is 1. The summed E-state index contributed by atoms with van der Waals surface area (Å²) < 4.78 is 1.51. The van der Waals surface area contributed by atoms with Gasteiger partial charge in [-0.05, 0) is 23.8 Å². The van der Waals surface area contributed by atoms with E-state index < -0.39 is 4.92 Å². The molecule has 1 fully saturated rings. The molecule has 0 unspecified atom stereocenters. The zero-order valence-electron chi connectivity index (χ0n) is 16.8. The van der Waals surface area contributed by atoms with Crippen LogP contribution in [-0.2, 0) is 6.42 Å². The van der Waals surface area contributed by atoms with Crippen LogP contribution in [0.25, 0.3) is 4.96 Å². The van der Waals surface area contributed by atoms with Crippen LogP contribution in [0.5, 0.6) is 5.88 Å². The topological polar surface area (TPSA) is 96.8 Å². The molecule has 0 saturated carbocycles. The molecular weight excluding hydrogens is 390 g/mol. The number of nitro groups is 1. The maximum Gasteiger partial charge on any atom is 0.269 e. The lowest BCUT2D eigenvalue weighted by Crippen LogP contribution is -2.41. The number of hydrogen-bond donors (Lipinski definition) is 1. The monoisotopic (exact) mass is 415 g/mol. The van der Waals surface area contributed by atoms with Gasteiger partial charge in [-0.25, -0.2) is 4.98 Å². The Kier molecular flexibility index (Phi) is 5.26. The second kappa shape index (κ2) is 7.72. The number of benzene rings is 1. The number of likely N-dealkylation sites (tertiary alicyclic amines) is 1. The average molecular weight is 416 g/mol. The number of rotatable bonds is 5. The lowest BCUT2D eigenvalue weighted by molar-refractivity contribution is -0.384. The molecule has 1 N–H and O–H groups in total. The Bertz CT molecular complexity index is 1020. The van der Waals surface area contributed by atoms with Crippen molar-refractivity contribution >= 4 is 22.0 Å². The van der Waals surface area contributed by atoms with E-state index in [1.807, 2.05) is 6.92 Å². The third-order valence-electron chi connectivity index (χ3n) is 5.49. The van der Waals surface area contributed by atoms with E-state index >= 15 is 0 Å². The van der Waals surface area contributed by atoms with Gasteiger partial charge >= 0.3 is 0 Å². The van der Waals surface area contributed by atoms with E-state index in [0.717, 1.165) is 23.5 Å². The molecule has 1 aromatic carbocycles. The molecule has 0 aliphatic carbocycles. The zero-order chi connectivity index (χ0) is 20.7. The SMILES string of the molecule is CCc1nc2sc([C@@H](c3ccc([N+](=O)[O-])cc3)N3C[C@H](C)C[C@H](C)C3)c(O)n2n1. The number of nitro benzene ring substituents is 1. The first-order valence-corrected chi connectivity index (χ1v) is 10.7. The first-order chi connectivity index (χ1) is 13.9. The Morgan fingerprint density at radius 1 is 1.28 bits per heavy atom. The number of thiazole rings is 1. The van der Waals surface area contributed by atoms with Crippen molar-refractivity contribution in [1.82, 2.24) is 19.5 Å². The predicted molar refractivity (Wildman–Crippen MR) is 111 cm³/mol. The van der Waals surface area contributed by atoms with Crippen LogP contribution < -0.4 is 0 Å². The van der Waals surface area contributed by atoms with Gasteiger partial charge in [0.2, 0.25) is 10.8 Å².